The zero-order valence-corrected chi connectivity index (χ0v) is 19.0. The molecule has 5 heteroatoms. The molecule has 0 aliphatic carbocycles. The lowest BCUT2D eigenvalue weighted by molar-refractivity contribution is -0.132. The maximum atomic E-state index is 13.2. The van der Waals surface area contributed by atoms with E-state index in [0.717, 1.165) is 46.5 Å². The fourth-order valence-electron chi connectivity index (χ4n) is 3.52. The van der Waals surface area contributed by atoms with Gasteiger partial charge in [0.15, 0.2) is 0 Å². The largest absolute Gasteiger partial charge is 0.336 e. The summed E-state index contributed by atoms with van der Waals surface area (Å²) in [5.74, 6) is 0.689. The molecule has 148 valence electrons. The minimum absolute atomic E-state index is 0.0272. The van der Waals surface area contributed by atoms with Gasteiger partial charge in [0.25, 0.3) is 0 Å². The maximum Gasteiger partial charge on any atom is 0.227 e. The molecule has 0 fully saturated rings. The molecule has 0 bridgehead atoms. The first-order valence-corrected chi connectivity index (χ1v) is 10.6. The molecule has 0 saturated heterocycles. The summed E-state index contributed by atoms with van der Waals surface area (Å²) in [6, 6.07) is 8.17. The number of amides is 1. The van der Waals surface area contributed by atoms with Gasteiger partial charge in [0.05, 0.1) is 18.2 Å². The standard InChI is InChI=1S/C22H32BrN3O/c1-7-12-25(17(5)19-10-8-9-11-21(19)23)22(27)13-20-16(4)24-26(18(20)6)14-15(2)3/h8-11,15,17H,7,12-14H2,1-6H3. The lowest BCUT2D eigenvalue weighted by Crippen LogP contribution is -2.35. The number of hydrogen-bond acceptors (Lipinski definition) is 2. The second-order valence-corrected chi connectivity index (χ2v) is 8.54. The van der Waals surface area contributed by atoms with Crippen LogP contribution in [0.5, 0.6) is 0 Å². The number of halogens is 1. The van der Waals surface area contributed by atoms with Gasteiger partial charge in [-0.2, -0.15) is 5.10 Å². The number of carbonyl (C=O) groups excluding carboxylic acids is 1. The van der Waals surface area contributed by atoms with Gasteiger partial charge < -0.3 is 4.90 Å². The molecule has 4 nitrogen and oxygen atoms in total. The maximum absolute atomic E-state index is 13.2. The van der Waals surface area contributed by atoms with E-state index in [4.69, 9.17) is 0 Å². The Hall–Kier alpha value is -1.62. The van der Waals surface area contributed by atoms with Crippen LogP contribution in [-0.4, -0.2) is 27.1 Å². The summed E-state index contributed by atoms with van der Waals surface area (Å²) in [5, 5.41) is 4.66. The molecule has 0 spiro atoms. The molecule has 0 aliphatic rings. The summed E-state index contributed by atoms with van der Waals surface area (Å²) < 4.78 is 3.09. The predicted octanol–water partition coefficient (Wildman–Crippen LogP) is 5.46. The van der Waals surface area contributed by atoms with Crippen molar-refractivity contribution in [3.8, 4) is 0 Å². The predicted molar refractivity (Wildman–Crippen MR) is 115 cm³/mol. The van der Waals surface area contributed by atoms with Crippen molar-refractivity contribution in [1.82, 2.24) is 14.7 Å². The van der Waals surface area contributed by atoms with E-state index >= 15 is 0 Å². The Morgan fingerprint density at radius 1 is 1.22 bits per heavy atom. The van der Waals surface area contributed by atoms with Crippen LogP contribution in [0.2, 0.25) is 0 Å². The molecule has 1 atom stereocenters. The number of nitrogens with zero attached hydrogens (tertiary/aromatic N) is 3. The third-order valence-corrected chi connectivity index (χ3v) is 5.73. The van der Waals surface area contributed by atoms with E-state index < -0.39 is 0 Å². The third-order valence-electron chi connectivity index (χ3n) is 5.01. The summed E-state index contributed by atoms with van der Waals surface area (Å²) in [5.41, 5.74) is 4.29. The molecule has 1 amide bonds. The minimum atomic E-state index is 0.0272. The van der Waals surface area contributed by atoms with Crippen molar-refractivity contribution in [3.63, 3.8) is 0 Å². The number of benzene rings is 1. The van der Waals surface area contributed by atoms with Gasteiger partial charge in [0.2, 0.25) is 5.91 Å². The van der Waals surface area contributed by atoms with Crippen molar-refractivity contribution in [2.75, 3.05) is 6.54 Å². The van der Waals surface area contributed by atoms with Crippen molar-refractivity contribution in [3.05, 3.63) is 51.3 Å². The van der Waals surface area contributed by atoms with Crippen LogP contribution in [0, 0.1) is 19.8 Å². The Morgan fingerprint density at radius 2 is 1.89 bits per heavy atom. The second kappa shape index (κ2) is 9.54. The van der Waals surface area contributed by atoms with Crippen molar-refractivity contribution in [2.24, 2.45) is 5.92 Å². The molecule has 1 heterocycles. The molecule has 1 aromatic heterocycles. The second-order valence-electron chi connectivity index (χ2n) is 7.69. The number of hydrogen-bond donors (Lipinski definition) is 0. The highest BCUT2D eigenvalue weighted by molar-refractivity contribution is 9.10. The van der Waals surface area contributed by atoms with E-state index in [0.29, 0.717) is 12.3 Å². The first kappa shape index (κ1) is 21.7. The highest BCUT2D eigenvalue weighted by Gasteiger charge is 2.24. The van der Waals surface area contributed by atoms with Gasteiger partial charge in [-0.3, -0.25) is 9.48 Å². The highest BCUT2D eigenvalue weighted by atomic mass is 79.9. The topological polar surface area (TPSA) is 38.1 Å². The molecule has 0 aliphatic heterocycles. The van der Waals surface area contributed by atoms with Gasteiger partial charge >= 0.3 is 0 Å². The molecule has 0 saturated carbocycles. The fourth-order valence-corrected chi connectivity index (χ4v) is 4.14. The Morgan fingerprint density at radius 3 is 2.48 bits per heavy atom. The van der Waals surface area contributed by atoms with E-state index in [1.165, 1.54) is 0 Å². The SMILES string of the molecule is CCCN(C(=O)Cc1c(C)nn(CC(C)C)c1C)C(C)c1ccccc1Br. The zero-order valence-electron chi connectivity index (χ0n) is 17.4. The first-order valence-electron chi connectivity index (χ1n) is 9.83. The van der Waals surface area contributed by atoms with E-state index in [2.05, 4.69) is 61.7 Å². The molecular weight excluding hydrogens is 402 g/mol. The van der Waals surface area contributed by atoms with Crippen molar-refractivity contribution in [2.45, 2.75) is 67.0 Å². The Balaban J connectivity index is 2.25. The lowest BCUT2D eigenvalue weighted by atomic mass is 10.0. The van der Waals surface area contributed by atoms with Crippen molar-refractivity contribution < 1.29 is 4.79 Å². The molecule has 1 unspecified atom stereocenters. The third kappa shape index (κ3) is 5.22. The number of aromatic nitrogens is 2. The summed E-state index contributed by atoms with van der Waals surface area (Å²) in [4.78, 5) is 15.2. The fraction of sp³-hybridized carbons (Fsp3) is 0.545. The van der Waals surface area contributed by atoms with Crippen LogP contribution in [-0.2, 0) is 17.8 Å². The van der Waals surface area contributed by atoms with E-state index in [1.54, 1.807) is 0 Å². The van der Waals surface area contributed by atoms with Gasteiger partial charge in [0, 0.05) is 28.8 Å². The molecule has 1 aromatic carbocycles. The van der Waals surface area contributed by atoms with Gasteiger partial charge in [0.1, 0.15) is 0 Å². The van der Waals surface area contributed by atoms with Crippen LogP contribution in [0.15, 0.2) is 28.7 Å². The summed E-state index contributed by atoms with van der Waals surface area (Å²) in [6.07, 6.45) is 1.34. The van der Waals surface area contributed by atoms with Gasteiger partial charge in [-0.15, -0.1) is 0 Å². The average Bonchev–Trinajstić information content (AvgIpc) is 2.86. The highest BCUT2D eigenvalue weighted by Crippen LogP contribution is 2.28. The van der Waals surface area contributed by atoms with E-state index in [1.807, 2.05) is 34.7 Å². The van der Waals surface area contributed by atoms with Crippen LogP contribution in [0.4, 0.5) is 0 Å². The quantitative estimate of drug-likeness (QED) is 0.553. The molecule has 0 N–H and O–H groups in total. The summed E-state index contributed by atoms with van der Waals surface area (Å²) >= 11 is 3.63. The Kier molecular flexibility index (Phi) is 7.66. The van der Waals surface area contributed by atoms with Crippen molar-refractivity contribution >= 4 is 21.8 Å². The van der Waals surface area contributed by atoms with Crippen LogP contribution in [0.25, 0.3) is 0 Å². The van der Waals surface area contributed by atoms with Crippen molar-refractivity contribution in [1.29, 1.82) is 0 Å². The van der Waals surface area contributed by atoms with Gasteiger partial charge in [-0.25, -0.2) is 0 Å². The first-order chi connectivity index (χ1) is 12.8. The van der Waals surface area contributed by atoms with Crippen LogP contribution in [0.1, 0.15) is 62.7 Å². The zero-order chi connectivity index (χ0) is 20.1. The number of carbonyl (C=O) groups is 1. The summed E-state index contributed by atoms with van der Waals surface area (Å²) in [7, 11) is 0. The van der Waals surface area contributed by atoms with E-state index in [-0.39, 0.29) is 11.9 Å². The van der Waals surface area contributed by atoms with Gasteiger partial charge in [-0.1, -0.05) is 54.9 Å². The molecule has 27 heavy (non-hydrogen) atoms. The van der Waals surface area contributed by atoms with Crippen LogP contribution in [0.3, 0.4) is 0 Å². The monoisotopic (exact) mass is 433 g/mol. The Bertz CT molecular complexity index is 782. The van der Waals surface area contributed by atoms with Crippen LogP contribution < -0.4 is 0 Å². The van der Waals surface area contributed by atoms with E-state index in [9.17, 15) is 4.79 Å². The molecule has 2 aromatic rings. The normalized spacial score (nSPS) is 12.4. The molecule has 0 radical (unpaired) electrons. The van der Waals surface area contributed by atoms with Gasteiger partial charge in [-0.05, 0) is 44.7 Å². The Labute approximate surface area is 172 Å². The van der Waals surface area contributed by atoms with Crippen LogP contribution >= 0.6 is 15.9 Å². The average molecular weight is 434 g/mol. The summed E-state index contributed by atoms with van der Waals surface area (Å²) in [6.45, 7) is 14.3. The minimum Gasteiger partial charge on any atom is -0.336 e. The number of aryl methyl sites for hydroxylation is 1. The molecule has 2 rings (SSSR count). The smallest absolute Gasteiger partial charge is 0.227 e. The molecular formula is C22H32BrN3O. The number of rotatable bonds is 8. The lowest BCUT2D eigenvalue weighted by Gasteiger charge is -2.30.